The van der Waals surface area contributed by atoms with E-state index in [0.29, 0.717) is 29.2 Å². The van der Waals surface area contributed by atoms with E-state index in [-0.39, 0.29) is 5.91 Å². The monoisotopic (exact) mass is 385 g/mol. The number of hydrogen-bond donors (Lipinski definition) is 2. The molecule has 2 N–H and O–H groups in total. The molecule has 1 heterocycles. The zero-order chi connectivity index (χ0) is 19.4. The van der Waals surface area contributed by atoms with E-state index >= 15 is 0 Å². The van der Waals surface area contributed by atoms with Gasteiger partial charge in [-0.2, -0.15) is 0 Å². The normalized spacial score (nSPS) is 16.3. The van der Waals surface area contributed by atoms with E-state index in [9.17, 15) is 14.4 Å². The van der Waals surface area contributed by atoms with Crippen LogP contribution in [0.5, 0.6) is 0 Å². The SMILES string of the molecule is CCc1ccc(C(=O)NNC(=O)C2CCN(c3ccc(Cl)cc3)C2=O)cc1. The third-order valence-electron chi connectivity index (χ3n) is 4.58. The molecule has 3 rings (SSSR count). The van der Waals surface area contributed by atoms with Crippen LogP contribution in [0.2, 0.25) is 5.02 Å². The summed E-state index contributed by atoms with van der Waals surface area (Å²) in [5.74, 6) is -2.07. The topological polar surface area (TPSA) is 78.5 Å². The van der Waals surface area contributed by atoms with E-state index in [1.54, 1.807) is 41.3 Å². The van der Waals surface area contributed by atoms with E-state index in [1.807, 2.05) is 19.1 Å². The second kappa shape index (κ2) is 8.22. The van der Waals surface area contributed by atoms with Crippen LogP contribution >= 0.6 is 11.6 Å². The third-order valence-corrected chi connectivity index (χ3v) is 4.84. The van der Waals surface area contributed by atoms with E-state index in [4.69, 9.17) is 11.6 Å². The van der Waals surface area contributed by atoms with Crippen LogP contribution in [0.25, 0.3) is 0 Å². The summed E-state index contributed by atoms with van der Waals surface area (Å²) in [7, 11) is 0. The van der Waals surface area contributed by atoms with Gasteiger partial charge in [0.15, 0.2) is 0 Å². The van der Waals surface area contributed by atoms with Crippen molar-refractivity contribution < 1.29 is 14.4 Å². The Kier molecular flexibility index (Phi) is 5.76. The molecule has 0 aromatic heterocycles. The molecular weight excluding hydrogens is 366 g/mol. The number of nitrogens with zero attached hydrogens (tertiary/aromatic N) is 1. The number of hydrogen-bond acceptors (Lipinski definition) is 3. The van der Waals surface area contributed by atoms with Crippen molar-refractivity contribution in [2.24, 2.45) is 5.92 Å². The maximum Gasteiger partial charge on any atom is 0.269 e. The molecule has 1 atom stereocenters. The lowest BCUT2D eigenvalue weighted by Gasteiger charge is -2.17. The third kappa shape index (κ3) is 4.28. The van der Waals surface area contributed by atoms with Crippen molar-refractivity contribution in [2.75, 3.05) is 11.4 Å². The Labute approximate surface area is 162 Å². The Balaban J connectivity index is 1.57. The van der Waals surface area contributed by atoms with Gasteiger partial charge in [0.1, 0.15) is 5.92 Å². The summed E-state index contributed by atoms with van der Waals surface area (Å²) >= 11 is 5.86. The largest absolute Gasteiger partial charge is 0.312 e. The summed E-state index contributed by atoms with van der Waals surface area (Å²) in [5.41, 5.74) is 6.98. The number of carbonyl (C=O) groups excluding carboxylic acids is 3. The number of aryl methyl sites for hydroxylation is 1. The van der Waals surface area contributed by atoms with Crippen molar-refractivity contribution in [3.63, 3.8) is 0 Å². The Morgan fingerprint density at radius 3 is 2.37 bits per heavy atom. The second-order valence-corrected chi connectivity index (χ2v) is 6.74. The van der Waals surface area contributed by atoms with Crippen LogP contribution in [0.1, 0.15) is 29.3 Å². The first-order valence-electron chi connectivity index (χ1n) is 8.75. The van der Waals surface area contributed by atoms with Crippen LogP contribution < -0.4 is 15.8 Å². The number of halogens is 1. The summed E-state index contributed by atoms with van der Waals surface area (Å²) in [6, 6.07) is 14.0. The van der Waals surface area contributed by atoms with Gasteiger partial charge < -0.3 is 4.90 Å². The van der Waals surface area contributed by atoms with Gasteiger partial charge in [0.05, 0.1) is 0 Å². The van der Waals surface area contributed by atoms with Gasteiger partial charge in [-0.05, 0) is 54.8 Å². The van der Waals surface area contributed by atoms with E-state index < -0.39 is 17.7 Å². The highest BCUT2D eigenvalue weighted by atomic mass is 35.5. The average Bonchev–Trinajstić information content (AvgIpc) is 3.08. The molecule has 1 unspecified atom stereocenters. The lowest BCUT2D eigenvalue weighted by atomic mass is 10.1. The van der Waals surface area contributed by atoms with E-state index in [2.05, 4.69) is 10.9 Å². The number of benzene rings is 2. The van der Waals surface area contributed by atoms with Gasteiger partial charge in [0, 0.05) is 22.8 Å². The molecule has 1 fully saturated rings. The lowest BCUT2D eigenvalue weighted by molar-refractivity contribution is -0.132. The molecule has 0 aliphatic carbocycles. The van der Waals surface area contributed by atoms with Gasteiger partial charge >= 0.3 is 0 Å². The Morgan fingerprint density at radius 1 is 1.07 bits per heavy atom. The molecule has 2 aromatic carbocycles. The predicted octanol–water partition coefficient (Wildman–Crippen LogP) is 2.72. The first kappa shape index (κ1) is 18.9. The standard InChI is InChI=1S/C20H20ClN3O3/c1-2-13-3-5-14(6-4-13)18(25)22-23-19(26)17-11-12-24(20(17)27)16-9-7-15(21)8-10-16/h3-10,17H,2,11-12H2,1H3,(H,22,25)(H,23,26). The number of hydrazine groups is 1. The van der Waals surface area contributed by atoms with E-state index in [1.165, 1.54) is 0 Å². The zero-order valence-electron chi connectivity index (χ0n) is 14.9. The van der Waals surface area contributed by atoms with Gasteiger partial charge in [0.25, 0.3) is 11.8 Å². The van der Waals surface area contributed by atoms with Crippen LogP contribution in [0.3, 0.4) is 0 Å². The van der Waals surface area contributed by atoms with Crippen LogP contribution in [0.15, 0.2) is 48.5 Å². The Hall–Kier alpha value is -2.86. The molecule has 0 radical (unpaired) electrons. The molecule has 0 spiro atoms. The van der Waals surface area contributed by atoms with Crippen molar-refractivity contribution in [2.45, 2.75) is 19.8 Å². The molecule has 3 amide bonds. The van der Waals surface area contributed by atoms with Gasteiger partial charge in [-0.1, -0.05) is 30.7 Å². The van der Waals surface area contributed by atoms with E-state index in [0.717, 1.165) is 12.0 Å². The smallest absolute Gasteiger partial charge is 0.269 e. The van der Waals surface area contributed by atoms with Crippen molar-refractivity contribution >= 4 is 35.0 Å². The highest BCUT2D eigenvalue weighted by Crippen LogP contribution is 2.26. The highest BCUT2D eigenvalue weighted by molar-refractivity contribution is 6.30. The minimum atomic E-state index is -0.830. The Bertz CT molecular complexity index is 850. The second-order valence-electron chi connectivity index (χ2n) is 6.30. The predicted molar refractivity (Wildman–Crippen MR) is 103 cm³/mol. The molecule has 2 aromatic rings. The maximum absolute atomic E-state index is 12.5. The molecule has 27 heavy (non-hydrogen) atoms. The van der Waals surface area contributed by atoms with Crippen LogP contribution in [0.4, 0.5) is 5.69 Å². The zero-order valence-corrected chi connectivity index (χ0v) is 15.6. The van der Waals surface area contributed by atoms with Crippen molar-refractivity contribution in [3.05, 3.63) is 64.7 Å². The minimum absolute atomic E-state index is 0.295. The number of rotatable bonds is 4. The fraction of sp³-hybridized carbons (Fsp3) is 0.250. The number of anilines is 1. The fourth-order valence-electron chi connectivity index (χ4n) is 2.97. The Morgan fingerprint density at radius 2 is 1.74 bits per heavy atom. The summed E-state index contributed by atoms with van der Waals surface area (Å²) in [4.78, 5) is 38.5. The van der Waals surface area contributed by atoms with Gasteiger partial charge in [-0.25, -0.2) is 0 Å². The lowest BCUT2D eigenvalue weighted by Crippen LogP contribution is -2.46. The first-order valence-corrected chi connectivity index (χ1v) is 9.13. The summed E-state index contributed by atoms with van der Waals surface area (Å²) in [6.07, 6.45) is 1.26. The van der Waals surface area contributed by atoms with Gasteiger partial charge in [0.2, 0.25) is 5.91 Å². The van der Waals surface area contributed by atoms with Crippen LogP contribution in [-0.2, 0) is 16.0 Å². The van der Waals surface area contributed by atoms with Crippen LogP contribution in [0, 0.1) is 5.92 Å². The summed E-state index contributed by atoms with van der Waals surface area (Å²) < 4.78 is 0. The number of amides is 3. The molecule has 6 nitrogen and oxygen atoms in total. The van der Waals surface area contributed by atoms with Gasteiger partial charge in [-0.15, -0.1) is 0 Å². The first-order chi connectivity index (χ1) is 13.0. The molecule has 0 bridgehead atoms. The molecule has 1 aliphatic rings. The summed E-state index contributed by atoms with van der Waals surface area (Å²) in [5, 5.41) is 0.578. The minimum Gasteiger partial charge on any atom is -0.312 e. The van der Waals surface area contributed by atoms with Crippen molar-refractivity contribution in [1.29, 1.82) is 0 Å². The van der Waals surface area contributed by atoms with Crippen molar-refractivity contribution in [3.8, 4) is 0 Å². The fourth-order valence-corrected chi connectivity index (χ4v) is 3.10. The van der Waals surface area contributed by atoms with Gasteiger partial charge in [-0.3, -0.25) is 25.2 Å². The number of nitrogens with one attached hydrogen (secondary N) is 2. The number of carbonyl (C=O) groups is 3. The van der Waals surface area contributed by atoms with Crippen LogP contribution in [-0.4, -0.2) is 24.3 Å². The van der Waals surface area contributed by atoms with Crippen molar-refractivity contribution in [1.82, 2.24) is 10.9 Å². The maximum atomic E-state index is 12.5. The summed E-state index contributed by atoms with van der Waals surface area (Å²) in [6.45, 7) is 2.46. The average molecular weight is 386 g/mol. The molecule has 1 aliphatic heterocycles. The highest BCUT2D eigenvalue weighted by Gasteiger charge is 2.37. The quantitative estimate of drug-likeness (QED) is 0.627. The molecule has 1 saturated heterocycles. The molecule has 0 saturated carbocycles. The molecular formula is C20H20ClN3O3. The molecule has 7 heteroatoms. The molecule has 140 valence electrons.